The Hall–Kier alpha value is -2.88. The lowest BCUT2D eigenvalue weighted by molar-refractivity contribution is 0.756. The molecule has 1 aliphatic rings. The van der Waals surface area contributed by atoms with Crippen molar-refractivity contribution >= 4 is 17.3 Å². The predicted molar refractivity (Wildman–Crippen MR) is 112 cm³/mol. The second-order valence-corrected chi connectivity index (χ2v) is 7.06. The van der Waals surface area contributed by atoms with Gasteiger partial charge < -0.3 is 10.2 Å². The molecule has 138 valence electrons. The highest BCUT2D eigenvalue weighted by Gasteiger charge is 2.19. The summed E-state index contributed by atoms with van der Waals surface area (Å²) in [5.41, 5.74) is 4.05. The molecule has 2 heterocycles. The van der Waals surface area contributed by atoms with Gasteiger partial charge >= 0.3 is 0 Å². The zero-order valence-corrected chi connectivity index (χ0v) is 15.9. The van der Waals surface area contributed by atoms with Crippen molar-refractivity contribution in [1.82, 2.24) is 9.97 Å². The summed E-state index contributed by atoms with van der Waals surface area (Å²) in [7, 11) is 0. The Morgan fingerprint density at radius 1 is 1.00 bits per heavy atom. The number of benzene rings is 2. The number of nitrogens with one attached hydrogen (secondary N) is 1. The van der Waals surface area contributed by atoms with Crippen molar-refractivity contribution in [3.8, 4) is 0 Å². The highest BCUT2D eigenvalue weighted by atomic mass is 15.2. The predicted octanol–water partition coefficient (Wildman–Crippen LogP) is 4.91. The van der Waals surface area contributed by atoms with Gasteiger partial charge in [-0.15, -0.1) is 0 Å². The minimum Gasteiger partial charge on any atom is -0.370 e. The highest BCUT2D eigenvalue weighted by molar-refractivity contribution is 5.67. The van der Waals surface area contributed by atoms with Crippen molar-refractivity contribution in [3.05, 3.63) is 77.6 Å². The van der Waals surface area contributed by atoms with Crippen molar-refractivity contribution in [1.29, 1.82) is 0 Å². The first-order valence-corrected chi connectivity index (χ1v) is 9.78. The van der Waals surface area contributed by atoms with Crippen LogP contribution in [0.25, 0.3) is 0 Å². The van der Waals surface area contributed by atoms with E-state index in [-0.39, 0.29) is 0 Å². The van der Waals surface area contributed by atoms with Crippen LogP contribution in [0.15, 0.2) is 60.7 Å². The van der Waals surface area contributed by atoms with Crippen molar-refractivity contribution in [3.63, 3.8) is 0 Å². The molecule has 1 aliphatic heterocycles. The summed E-state index contributed by atoms with van der Waals surface area (Å²) < 4.78 is 0. The Kier molecular flexibility index (Phi) is 5.33. The van der Waals surface area contributed by atoms with Crippen LogP contribution in [0.1, 0.15) is 29.8 Å². The third-order valence-electron chi connectivity index (χ3n) is 5.00. The van der Waals surface area contributed by atoms with Gasteiger partial charge in [-0.05, 0) is 49.8 Å². The van der Waals surface area contributed by atoms with Crippen molar-refractivity contribution in [2.24, 2.45) is 0 Å². The van der Waals surface area contributed by atoms with E-state index in [1.165, 1.54) is 16.8 Å². The van der Waals surface area contributed by atoms with Gasteiger partial charge in [0.15, 0.2) is 0 Å². The molecule has 4 heteroatoms. The number of fused-ring (bicyclic) bond motifs is 1. The van der Waals surface area contributed by atoms with E-state index in [1.54, 1.807) is 0 Å². The van der Waals surface area contributed by atoms with E-state index in [4.69, 9.17) is 4.98 Å². The quantitative estimate of drug-likeness (QED) is 0.636. The normalized spacial score (nSPS) is 13.3. The number of aryl methyl sites for hydroxylation is 3. The van der Waals surface area contributed by atoms with Gasteiger partial charge in [0, 0.05) is 24.8 Å². The smallest absolute Gasteiger partial charge is 0.138 e. The van der Waals surface area contributed by atoms with Crippen LogP contribution in [-0.2, 0) is 12.8 Å². The van der Waals surface area contributed by atoms with Gasteiger partial charge in [-0.3, -0.25) is 0 Å². The lowest BCUT2D eigenvalue weighted by Gasteiger charge is -2.30. The van der Waals surface area contributed by atoms with Crippen LogP contribution in [0, 0.1) is 6.92 Å². The van der Waals surface area contributed by atoms with Crippen molar-refractivity contribution in [2.75, 3.05) is 23.3 Å². The van der Waals surface area contributed by atoms with Gasteiger partial charge in [0.05, 0.1) is 0 Å². The average molecular weight is 358 g/mol. The number of hydrogen-bond donors (Lipinski definition) is 1. The maximum atomic E-state index is 4.71. The number of hydrogen-bond acceptors (Lipinski definition) is 4. The molecule has 1 N–H and O–H groups in total. The summed E-state index contributed by atoms with van der Waals surface area (Å²) in [5.74, 6) is 2.70. The zero-order chi connectivity index (χ0) is 18.5. The summed E-state index contributed by atoms with van der Waals surface area (Å²) in [6.45, 7) is 3.87. The molecular weight excluding hydrogens is 332 g/mol. The Labute approximate surface area is 161 Å². The second-order valence-electron chi connectivity index (χ2n) is 7.06. The fourth-order valence-electron chi connectivity index (χ4n) is 3.71. The second kappa shape index (κ2) is 8.21. The minimum atomic E-state index is 0.807. The topological polar surface area (TPSA) is 41.1 Å². The van der Waals surface area contributed by atoms with E-state index in [0.29, 0.717) is 0 Å². The Balaban J connectivity index is 1.44. The van der Waals surface area contributed by atoms with E-state index < -0.39 is 0 Å². The van der Waals surface area contributed by atoms with Crippen LogP contribution < -0.4 is 10.2 Å². The first kappa shape index (κ1) is 17.5. The standard InChI is InChI=1S/C23H26N4/c1-18-25-22(24-15-7-11-19-9-3-2-4-10-19)17-23(26-18)27-16-8-13-20-12-5-6-14-21(20)27/h2-6,9-10,12,14,17H,7-8,11,13,15-16H2,1H3,(H,24,25,26). The molecule has 0 fully saturated rings. The summed E-state index contributed by atoms with van der Waals surface area (Å²) in [4.78, 5) is 11.6. The monoisotopic (exact) mass is 358 g/mol. The van der Waals surface area contributed by atoms with Gasteiger partial charge in [-0.25, -0.2) is 9.97 Å². The molecule has 4 nitrogen and oxygen atoms in total. The van der Waals surface area contributed by atoms with Crippen LogP contribution in [0.4, 0.5) is 17.3 Å². The number of rotatable bonds is 6. The number of para-hydroxylation sites is 1. The molecule has 0 saturated heterocycles. The molecule has 0 atom stereocenters. The molecule has 4 rings (SSSR count). The van der Waals surface area contributed by atoms with Crippen LogP contribution in [-0.4, -0.2) is 23.1 Å². The van der Waals surface area contributed by atoms with Gasteiger partial charge in [0.25, 0.3) is 0 Å². The lowest BCUT2D eigenvalue weighted by Crippen LogP contribution is -2.25. The van der Waals surface area contributed by atoms with E-state index in [0.717, 1.165) is 56.2 Å². The van der Waals surface area contributed by atoms with E-state index in [2.05, 4.69) is 75.9 Å². The molecule has 27 heavy (non-hydrogen) atoms. The fourth-order valence-corrected chi connectivity index (χ4v) is 3.71. The molecule has 0 aliphatic carbocycles. The molecule has 1 aromatic heterocycles. The molecule has 0 saturated carbocycles. The van der Waals surface area contributed by atoms with Gasteiger partial charge in [0.1, 0.15) is 17.5 Å². The third kappa shape index (κ3) is 4.27. The maximum Gasteiger partial charge on any atom is 0.138 e. The Morgan fingerprint density at radius 3 is 2.70 bits per heavy atom. The van der Waals surface area contributed by atoms with E-state index in [1.807, 2.05) is 6.92 Å². The molecule has 0 amide bonds. The van der Waals surface area contributed by atoms with Crippen LogP contribution >= 0.6 is 0 Å². The molecule has 3 aromatic rings. The molecule has 0 unspecified atom stereocenters. The minimum absolute atomic E-state index is 0.807. The van der Waals surface area contributed by atoms with Crippen LogP contribution in [0.2, 0.25) is 0 Å². The maximum absolute atomic E-state index is 4.71. The summed E-state index contributed by atoms with van der Waals surface area (Å²) in [6, 6.07) is 21.3. The number of anilines is 3. The average Bonchev–Trinajstić information content (AvgIpc) is 2.71. The van der Waals surface area contributed by atoms with Gasteiger partial charge in [-0.1, -0.05) is 48.5 Å². The van der Waals surface area contributed by atoms with Crippen LogP contribution in [0.5, 0.6) is 0 Å². The fraction of sp³-hybridized carbons (Fsp3) is 0.304. The SMILES string of the molecule is Cc1nc(NCCCc2ccccc2)cc(N2CCCc3ccccc32)n1. The summed E-state index contributed by atoms with van der Waals surface area (Å²) >= 11 is 0. The summed E-state index contributed by atoms with van der Waals surface area (Å²) in [5, 5.41) is 3.48. The number of aromatic nitrogens is 2. The first-order valence-electron chi connectivity index (χ1n) is 9.78. The molecule has 0 spiro atoms. The van der Waals surface area contributed by atoms with Crippen LogP contribution in [0.3, 0.4) is 0 Å². The van der Waals surface area contributed by atoms with E-state index >= 15 is 0 Å². The lowest BCUT2D eigenvalue weighted by atomic mass is 10.0. The molecular formula is C23H26N4. The largest absolute Gasteiger partial charge is 0.370 e. The molecule has 0 radical (unpaired) electrons. The number of nitrogens with zero attached hydrogens (tertiary/aromatic N) is 3. The molecule has 0 bridgehead atoms. The van der Waals surface area contributed by atoms with E-state index in [9.17, 15) is 0 Å². The first-order chi connectivity index (χ1) is 13.3. The van der Waals surface area contributed by atoms with Crippen molar-refractivity contribution < 1.29 is 0 Å². The third-order valence-corrected chi connectivity index (χ3v) is 5.00. The van der Waals surface area contributed by atoms with Gasteiger partial charge in [0.2, 0.25) is 0 Å². The summed E-state index contributed by atoms with van der Waals surface area (Å²) in [6.07, 6.45) is 4.44. The Morgan fingerprint density at radius 2 is 1.81 bits per heavy atom. The van der Waals surface area contributed by atoms with Crippen molar-refractivity contribution in [2.45, 2.75) is 32.6 Å². The highest BCUT2D eigenvalue weighted by Crippen LogP contribution is 2.32. The zero-order valence-electron chi connectivity index (χ0n) is 15.9. The van der Waals surface area contributed by atoms with Gasteiger partial charge in [-0.2, -0.15) is 0 Å². The Bertz CT molecular complexity index is 892. The molecule has 2 aromatic carbocycles.